The molecule has 9 heteroatoms. The average Bonchev–Trinajstić information content (AvgIpc) is 2.59. The van der Waals surface area contributed by atoms with Gasteiger partial charge in [0.2, 0.25) is 0 Å². The van der Waals surface area contributed by atoms with Gasteiger partial charge in [0.25, 0.3) is 0 Å². The van der Waals surface area contributed by atoms with Crippen molar-refractivity contribution in [1.82, 2.24) is 0 Å². The number of hydrogen-bond donors (Lipinski definition) is 3. The molecule has 0 aliphatic carbocycles. The predicted molar refractivity (Wildman–Crippen MR) is 91.1 cm³/mol. The number of carboxylic acids is 1. The summed E-state index contributed by atoms with van der Waals surface area (Å²) >= 11 is 0.874. The second-order valence-corrected chi connectivity index (χ2v) is 6.53. The molecule has 0 unspecified atom stereocenters. The van der Waals surface area contributed by atoms with Gasteiger partial charge in [0.1, 0.15) is 5.75 Å². The van der Waals surface area contributed by atoms with Gasteiger partial charge in [-0.1, -0.05) is 12.1 Å². The van der Waals surface area contributed by atoms with Gasteiger partial charge in [-0.25, -0.2) is 4.79 Å². The fourth-order valence-corrected chi connectivity index (χ4v) is 3.36. The number of hydrogen-bond acceptors (Lipinski definition) is 5. The zero-order valence-electron chi connectivity index (χ0n) is 13.5. The Bertz CT molecular complexity index is 781. The third kappa shape index (κ3) is 4.61. The Morgan fingerprint density at radius 2 is 1.81 bits per heavy atom. The molecule has 2 aromatic carbocycles. The van der Waals surface area contributed by atoms with Crippen LogP contribution in [-0.2, 0) is 11.0 Å². The number of carboxylic acid groups (broad SMARTS) is 1. The molecule has 2 aromatic rings. The maximum Gasteiger partial charge on any atom is 0.416 e. The molecule has 0 aromatic heterocycles. The van der Waals surface area contributed by atoms with Crippen LogP contribution in [-0.4, -0.2) is 29.4 Å². The van der Waals surface area contributed by atoms with Crippen molar-refractivity contribution < 1.29 is 32.9 Å². The van der Waals surface area contributed by atoms with E-state index in [1.807, 2.05) is 0 Å². The number of carbonyl (C=O) groups is 1. The number of methoxy groups -OCH3 is 1. The maximum atomic E-state index is 12.7. The molecule has 0 amide bonds. The van der Waals surface area contributed by atoms with E-state index in [4.69, 9.17) is 15.6 Å². The van der Waals surface area contributed by atoms with Crippen molar-refractivity contribution in [3.05, 3.63) is 53.6 Å². The molecular formula is C17H16F3NO4S. The van der Waals surface area contributed by atoms with Crippen LogP contribution in [0.3, 0.4) is 0 Å². The number of aliphatic hydroxyl groups excluding tert-OH is 1. The monoisotopic (exact) mass is 387 g/mol. The van der Waals surface area contributed by atoms with Gasteiger partial charge in [-0.3, -0.25) is 0 Å². The minimum Gasteiger partial charge on any atom is -0.497 e. The SMILES string of the molecule is COc1ccc([C@@H](Sc2ccc(C(F)(F)F)cc2N)[C@H](O)C(=O)O)cc1. The van der Waals surface area contributed by atoms with Crippen LogP contribution in [0.25, 0.3) is 0 Å². The van der Waals surface area contributed by atoms with Gasteiger partial charge in [0, 0.05) is 10.6 Å². The molecule has 0 radical (unpaired) electrons. The summed E-state index contributed by atoms with van der Waals surface area (Å²) in [7, 11) is 1.47. The number of anilines is 1. The topological polar surface area (TPSA) is 92.8 Å². The molecule has 0 aliphatic rings. The first-order valence-corrected chi connectivity index (χ1v) is 8.19. The molecule has 0 saturated heterocycles. The average molecular weight is 387 g/mol. The lowest BCUT2D eigenvalue weighted by Crippen LogP contribution is -2.26. The normalized spacial score (nSPS) is 13.9. The number of halogens is 3. The van der Waals surface area contributed by atoms with Crippen LogP contribution in [0.5, 0.6) is 5.75 Å². The Labute approximate surface area is 151 Å². The lowest BCUT2D eigenvalue weighted by molar-refractivity contribution is -0.146. The highest BCUT2D eigenvalue weighted by Gasteiger charge is 2.32. The molecule has 0 fully saturated rings. The summed E-state index contributed by atoms with van der Waals surface area (Å²) in [5.41, 5.74) is 5.10. The van der Waals surface area contributed by atoms with Crippen LogP contribution >= 0.6 is 11.8 Å². The van der Waals surface area contributed by atoms with E-state index in [0.29, 0.717) is 11.3 Å². The molecular weight excluding hydrogens is 371 g/mol. The number of ether oxygens (including phenoxy) is 1. The van der Waals surface area contributed by atoms with Crippen LogP contribution in [0, 0.1) is 0 Å². The second-order valence-electron chi connectivity index (χ2n) is 5.35. The largest absolute Gasteiger partial charge is 0.497 e. The van der Waals surface area contributed by atoms with Gasteiger partial charge in [0.15, 0.2) is 6.10 Å². The van der Waals surface area contributed by atoms with E-state index in [0.717, 1.165) is 30.0 Å². The first kappa shape index (κ1) is 19.9. The van der Waals surface area contributed by atoms with Crippen LogP contribution in [0.1, 0.15) is 16.4 Å². The summed E-state index contributed by atoms with van der Waals surface area (Å²) in [6, 6.07) is 9.12. The molecule has 4 N–H and O–H groups in total. The molecule has 2 atom stereocenters. The summed E-state index contributed by atoms with van der Waals surface area (Å²) in [4.78, 5) is 11.5. The minimum atomic E-state index is -4.53. The minimum absolute atomic E-state index is 0.152. The van der Waals surface area contributed by atoms with Gasteiger partial charge in [-0.05, 0) is 35.9 Å². The van der Waals surface area contributed by atoms with E-state index in [1.54, 1.807) is 24.3 Å². The van der Waals surface area contributed by atoms with Crippen molar-refractivity contribution in [1.29, 1.82) is 0 Å². The fraction of sp³-hybridized carbons (Fsp3) is 0.235. The second kappa shape index (κ2) is 7.88. The summed E-state index contributed by atoms with van der Waals surface area (Å²) in [6.07, 6.45) is -6.32. The van der Waals surface area contributed by atoms with Crippen molar-refractivity contribution in [2.24, 2.45) is 0 Å². The number of nitrogen functional groups attached to an aromatic ring is 1. The van der Waals surface area contributed by atoms with Crippen LogP contribution in [0.4, 0.5) is 18.9 Å². The third-order valence-electron chi connectivity index (χ3n) is 3.58. The highest BCUT2D eigenvalue weighted by Crippen LogP contribution is 2.42. The lowest BCUT2D eigenvalue weighted by atomic mass is 10.1. The van der Waals surface area contributed by atoms with Gasteiger partial charge >= 0.3 is 12.1 Å². The highest BCUT2D eigenvalue weighted by atomic mass is 32.2. The molecule has 5 nitrogen and oxygen atoms in total. The van der Waals surface area contributed by atoms with E-state index in [9.17, 15) is 23.1 Å². The van der Waals surface area contributed by atoms with Gasteiger partial charge in [-0.2, -0.15) is 13.2 Å². The Hall–Kier alpha value is -2.39. The third-order valence-corrected chi connectivity index (χ3v) is 4.98. The Balaban J connectivity index is 2.36. The van der Waals surface area contributed by atoms with Crippen molar-refractivity contribution in [3.8, 4) is 5.75 Å². The number of nitrogens with two attached hydrogens (primary N) is 1. The number of rotatable bonds is 6. The van der Waals surface area contributed by atoms with Crippen molar-refractivity contribution in [2.75, 3.05) is 12.8 Å². The molecule has 26 heavy (non-hydrogen) atoms. The molecule has 140 valence electrons. The Morgan fingerprint density at radius 1 is 1.19 bits per heavy atom. The van der Waals surface area contributed by atoms with Crippen molar-refractivity contribution >= 4 is 23.4 Å². The van der Waals surface area contributed by atoms with Gasteiger partial charge in [-0.15, -0.1) is 11.8 Å². The Kier molecular flexibility index (Phi) is 6.04. The summed E-state index contributed by atoms with van der Waals surface area (Å²) in [5, 5.41) is 18.2. The first-order valence-electron chi connectivity index (χ1n) is 7.31. The zero-order chi connectivity index (χ0) is 19.5. The van der Waals surface area contributed by atoms with Crippen molar-refractivity contribution in [3.63, 3.8) is 0 Å². The standard InChI is InChI=1S/C17H16F3NO4S/c1-25-11-5-2-9(3-6-11)15(14(22)16(23)24)26-13-7-4-10(8-12(13)21)17(18,19)20/h2-8,14-15,22H,21H2,1H3,(H,23,24)/t14-,15+/m0/s1. The first-order chi connectivity index (χ1) is 12.1. The number of aliphatic hydroxyl groups is 1. The van der Waals surface area contributed by atoms with Crippen LogP contribution in [0.2, 0.25) is 0 Å². The smallest absolute Gasteiger partial charge is 0.416 e. The van der Waals surface area contributed by atoms with Crippen molar-refractivity contribution in [2.45, 2.75) is 22.4 Å². The van der Waals surface area contributed by atoms with Crippen LogP contribution < -0.4 is 10.5 Å². The maximum absolute atomic E-state index is 12.7. The molecule has 0 heterocycles. The molecule has 0 aliphatic heterocycles. The molecule has 0 bridgehead atoms. The quantitative estimate of drug-likeness (QED) is 0.518. The zero-order valence-corrected chi connectivity index (χ0v) is 14.3. The number of alkyl halides is 3. The van der Waals surface area contributed by atoms with E-state index in [1.165, 1.54) is 7.11 Å². The molecule has 2 rings (SSSR count). The van der Waals surface area contributed by atoms with E-state index in [-0.39, 0.29) is 10.6 Å². The van der Waals surface area contributed by atoms with E-state index >= 15 is 0 Å². The van der Waals surface area contributed by atoms with E-state index in [2.05, 4.69) is 0 Å². The molecule has 0 spiro atoms. The lowest BCUT2D eigenvalue weighted by Gasteiger charge is -2.21. The summed E-state index contributed by atoms with van der Waals surface area (Å²) in [5.74, 6) is -0.917. The van der Waals surface area contributed by atoms with E-state index < -0.39 is 29.1 Å². The van der Waals surface area contributed by atoms with Gasteiger partial charge < -0.3 is 20.7 Å². The van der Waals surface area contributed by atoms with Crippen LogP contribution in [0.15, 0.2) is 47.4 Å². The summed E-state index contributed by atoms with van der Waals surface area (Å²) in [6.45, 7) is 0. The predicted octanol–water partition coefficient (Wildman–Crippen LogP) is 3.58. The number of aliphatic carboxylic acids is 1. The Morgan fingerprint density at radius 3 is 2.27 bits per heavy atom. The summed E-state index contributed by atoms with van der Waals surface area (Å²) < 4.78 is 43.2. The number of benzene rings is 2. The number of thioether (sulfide) groups is 1. The molecule has 0 saturated carbocycles. The fourth-order valence-electron chi connectivity index (χ4n) is 2.21. The van der Waals surface area contributed by atoms with Gasteiger partial charge in [0.05, 0.1) is 17.9 Å². The highest BCUT2D eigenvalue weighted by molar-refractivity contribution is 7.99.